The summed E-state index contributed by atoms with van der Waals surface area (Å²) in [5.41, 5.74) is 1.19. The van der Waals surface area contributed by atoms with E-state index in [9.17, 15) is 4.39 Å². The molecular weight excluding hydrogens is 396 g/mol. The van der Waals surface area contributed by atoms with Crippen LogP contribution in [0.25, 0.3) is 10.9 Å². The van der Waals surface area contributed by atoms with Crippen molar-refractivity contribution in [3.05, 3.63) is 27.6 Å². The van der Waals surface area contributed by atoms with Crippen LogP contribution in [0.15, 0.2) is 6.07 Å². The van der Waals surface area contributed by atoms with Crippen LogP contribution in [0, 0.1) is 12.7 Å². The number of hydrogen-bond donors (Lipinski definition) is 0. The van der Waals surface area contributed by atoms with E-state index < -0.39 is 0 Å². The van der Waals surface area contributed by atoms with Crippen LogP contribution in [-0.2, 0) is 0 Å². The Balaban J connectivity index is 0.000000686. The molecule has 0 fully saturated rings. The molecule has 1 aromatic carbocycles. The summed E-state index contributed by atoms with van der Waals surface area (Å²) >= 11 is 14.0. The van der Waals surface area contributed by atoms with Crippen LogP contribution in [0.5, 0.6) is 0 Å². The number of benzene rings is 1. The summed E-state index contributed by atoms with van der Waals surface area (Å²) in [5, 5.41) is 5.33. The zero-order valence-corrected chi connectivity index (χ0v) is 14.2. The zero-order chi connectivity index (χ0) is 13.2. The predicted octanol–water partition coefficient (Wildman–Crippen LogP) is 5.61. The first-order chi connectivity index (χ1) is 8.06. The highest BCUT2D eigenvalue weighted by atomic mass is 127. The maximum Gasteiger partial charge on any atom is 0.159 e. The zero-order valence-electron chi connectivity index (χ0n) is 9.48. The number of rotatable bonds is 1. The van der Waals surface area contributed by atoms with E-state index in [0.29, 0.717) is 27.5 Å². The smallest absolute Gasteiger partial charge is 0.159 e. The minimum Gasteiger partial charge on any atom is -0.233 e. The molecule has 0 radical (unpaired) electrons. The summed E-state index contributed by atoms with van der Waals surface area (Å²) in [6.07, 6.45) is 0.302. The lowest BCUT2D eigenvalue weighted by Crippen LogP contribution is -1.88. The average molecular weight is 407 g/mol. The Morgan fingerprint density at radius 2 is 2.00 bits per heavy atom. The predicted molar refractivity (Wildman–Crippen MR) is 83.5 cm³/mol. The topological polar surface area (TPSA) is 17.8 Å². The van der Waals surface area contributed by atoms with Crippen molar-refractivity contribution in [2.75, 3.05) is 0 Å². The number of fused-ring (bicyclic) bond motifs is 1. The summed E-state index contributed by atoms with van der Waals surface area (Å²) in [7, 11) is 0. The molecular formula is C10H11Cl2FIN2P. The molecule has 1 atom stereocenters. The van der Waals surface area contributed by atoms with E-state index in [1.165, 1.54) is 6.07 Å². The van der Waals surface area contributed by atoms with Gasteiger partial charge in [0.05, 0.1) is 6.37 Å². The van der Waals surface area contributed by atoms with Gasteiger partial charge in [0.25, 0.3) is 0 Å². The Hall–Kier alpha value is 0.360. The fourth-order valence-corrected chi connectivity index (χ4v) is 3.46. The first-order valence-corrected chi connectivity index (χ1v) is 9.77. The van der Waals surface area contributed by atoms with Gasteiger partial charge in [0.15, 0.2) is 11.0 Å². The molecule has 0 N–H and O–H groups in total. The first kappa shape index (κ1) is 15.4. The van der Waals surface area contributed by atoms with Gasteiger partial charge in [-0.3, -0.25) is 0 Å². The lowest BCUT2D eigenvalue weighted by atomic mass is 10.1. The van der Waals surface area contributed by atoms with Gasteiger partial charge < -0.3 is 0 Å². The summed E-state index contributed by atoms with van der Waals surface area (Å²) in [4.78, 5) is 0. The Morgan fingerprint density at radius 1 is 1.41 bits per heavy atom. The van der Waals surface area contributed by atoms with Crippen LogP contribution in [-0.4, -0.2) is 9.55 Å². The normalized spacial score (nSPS) is 11.0. The van der Waals surface area contributed by atoms with Crippen LogP contribution in [0.1, 0.15) is 19.4 Å². The van der Waals surface area contributed by atoms with Gasteiger partial charge >= 0.3 is 0 Å². The molecule has 1 aromatic heterocycles. The number of aromatic nitrogens is 2. The molecule has 0 saturated carbocycles. The van der Waals surface area contributed by atoms with Crippen LogP contribution in [0.2, 0.25) is 10.2 Å². The van der Waals surface area contributed by atoms with Crippen molar-refractivity contribution in [2.24, 2.45) is 0 Å². The number of aryl methyl sites for hydroxylation is 1. The van der Waals surface area contributed by atoms with Gasteiger partial charge in [0.2, 0.25) is 0 Å². The van der Waals surface area contributed by atoms with Gasteiger partial charge in [-0.25, -0.2) is 8.84 Å². The molecule has 0 amide bonds. The number of halogens is 4. The van der Waals surface area contributed by atoms with Gasteiger partial charge in [0.1, 0.15) is 5.52 Å². The molecule has 1 unspecified atom stereocenters. The molecule has 1 heterocycles. The van der Waals surface area contributed by atoms with E-state index >= 15 is 0 Å². The van der Waals surface area contributed by atoms with E-state index in [-0.39, 0.29) is 5.82 Å². The van der Waals surface area contributed by atoms with Crippen LogP contribution in [0.3, 0.4) is 0 Å². The van der Waals surface area contributed by atoms with Gasteiger partial charge in [0, 0.05) is 10.4 Å². The molecule has 7 heteroatoms. The third kappa shape index (κ3) is 2.86. The van der Waals surface area contributed by atoms with E-state index in [0.717, 1.165) is 5.56 Å². The second-order valence-electron chi connectivity index (χ2n) is 2.98. The van der Waals surface area contributed by atoms with E-state index in [4.69, 9.17) is 23.2 Å². The van der Waals surface area contributed by atoms with E-state index in [1.807, 2.05) is 13.8 Å². The monoisotopic (exact) mass is 406 g/mol. The lowest BCUT2D eigenvalue weighted by molar-refractivity contribution is 0.634. The minimum atomic E-state index is -0.385. The van der Waals surface area contributed by atoms with Gasteiger partial charge in [-0.1, -0.05) is 37.0 Å². The van der Waals surface area contributed by atoms with Crippen molar-refractivity contribution >= 4 is 62.5 Å². The summed E-state index contributed by atoms with van der Waals surface area (Å²) < 4.78 is 15.2. The van der Waals surface area contributed by atoms with E-state index in [2.05, 4.69) is 27.1 Å². The maximum absolute atomic E-state index is 13.7. The molecule has 2 nitrogen and oxygen atoms in total. The van der Waals surface area contributed by atoms with Gasteiger partial charge in [-0.15, -0.1) is 0 Å². The number of hydrogen-bond acceptors (Lipinski definition) is 1. The van der Waals surface area contributed by atoms with Crippen molar-refractivity contribution in [1.82, 2.24) is 9.55 Å². The largest absolute Gasteiger partial charge is 0.233 e. The Labute approximate surface area is 124 Å². The van der Waals surface area contributed by atoms with Crippen molar-refractivity contribution in [2.45, 2.75) is 20.8 Å². The van der Waals surface area contributed by atoms with Crippen LogP contribution < -0.4 is 0 Å². The molecule has 0 saturated heterocycles. The van der Waals surface area contributed by atoms with Crippen LogP contribution in [0.4, 0.5) is 4.39 Å². The molecule has 0 spiro atoms. The summed E-state index contributed by atoms with van der Waals surface area (Å²) in [6, 6.07) is 1.30. The van der Waals surface area contributed by atoms with Crippen molar-refractivity contribution in [3.63, 3.8) is 0 Å². The first-order valence-electron chi connectivity index (χ1n) is 4.95. The van der Waals surface area contributed by atoms with Gasteiger partial charge in [-0.2, -0.15) is 5.10 Å². The fraction of sp³-hybridized carbons (Fsp3) is 0.300. The summed E-state index contributed by atoms with van der Waals surface area (Å²) in [5.74, 6) is -0.385. The molecule has 17 heavy (non-hydrogen) atoms. The summed E-state index contributed by atoms with van der Waals surface area (Å²) in [6.45, 7) is 5.80. The third-order valence-corrected chi connectivity index (χ3v) is 4.65. The molecule has 0 aliphatic heterocycles. The molecule has 0 bridgehead atoms. The minimum absolute atomic E-state index is 0.299. The lowest BCUT2D eigenvalue weighted by Gasteiger charge is -2.02. The Bertz CT molecular complexity index is 545. The fourth-order valence-electron chi connectivity index (χ4n) is 1.41. The van der Waals surface area contributed by atoms with Crippen molar-refractivity contribution < 1.29 is 4.39 Å². The second kappa shape index (κ2) is 6.50. The van der Waals surface area contributed by atoms with Crippen molar-refractivity contribution in [3.8, 4) is 0 Å². The molecule has 0 aliphatic rings. The highest BCUT2D eigenvalue weighted by molar-refractivity contribution is 14.2. The molecule has 0 aliphatic carbocycles. The maximum atomic E-state index is 13.7. The third-order valence-electron chi connectivity index (χ3n) is 2.14. The second-order valence-corrected chi connectivity index (χ2v) is 5.78. The van der Waals surface area contributed by atoms with Crippen LogP contribution >= 0.6 is 51.6 Å². The highest BCUT2D eigenvalue weighted by Gasteiger charge is 2.17. The van der Waals surface area contributed by atoms with Crippen molar-refractivity contribution in [1.29, 1.82) is 0 Å². The van der Waals surface area contributed by atoms with E-state index in [1.54, 1.807) is 11.4 Å². The average Bonchev–Trinajstić information content (AvgIpc) is 2.66. The van der Waals surface area contributed by atoms with Gasteiger partial charge in [-0.05, 0) is 40.6 Å². The molecule has 94 valence electrons. The quantitative estimate of drug-likeness (QED) is 0.444. The highest BCUT2D eigenvalue weighted by Crippen LogP contribution is 2.37. The Morgan fingerprint density at radius 3 is 2.53 bits per heavy atom. The number of nitrogens with zero attached hydrogens (tertiary/aromatic N) is 2. The Kier molecular flexibility index (Phi) is 5.90. The standard InChI is InChI=1S/C8H5Cl2FIN2P.C2H6/c1-3-4(9)2-5(11)7-6(3)8(10)13-14(7)15-12;1-2/h2,15H,1H3;1-2H3. The SMILES string of the molecule is CC.Cc1c(Cl)cc(F)c2c1c(Cl)nn2PI. The molecule has 2 aromatic rings. The molecule has 2 rings (SSSR count).